The van der Waals surface area contributed by atoms with Crippen LogP contribution in [0.5, 0.6) is 0 Å². The number of para-hydroxylation sites is 2. The van der Waals surface area contributed by atoms with Crippen molar-refractivity contribution in [2.24, 2.45) is 7.05 Å². The van der Waals surface area contributed by atoms with E-state index in [1.165, 1.54) is 0 Å². The van der Waals surface area contributed by atoms with Gasteiger partial charge in [-0.2, -0.15) is 0 Å². The SMILES string of the molecule is Cn1c(=O)c(CBr)nc2ccccc21. The number of rotatable bonds is 1. The molecular weight excluding hydrogens is 244 g/mol. The highest BCUT2D eigenvalue weighted by Gasteiger charge is 2.05. The normalized spacial score (nSPS) is 10.7. The maximum absolute atomic E-state index is 11.7. The lowest BCUT2D eigenvalue weighted by Gasteiger charge is -2.05. The number of halogens is 1. The number of nitrogens with zero attached hydrogens (tertiary/aromatic N) is 2. The fourth-order valence-electron chi connectivity index (χ4n) is 1.43. The highest BCUT2D eigenvalue weighted by Crippen LogP contribution is 2.09. The van der Waals surface area contributed by atoms with Crippen LogP contribution in [0.4, 0.5) is 0 Å². The molecule has 0 radical (unpaired) electrons. The fraction of sp³-hybridized carbons (Fsp3) is 0.200. The minimum atomic E-state index is -0.0411. The Morgan fingerprint density at radius 2 is 2.14 bits per heavy atom. The zero-order valence-electron chi connectivity index (χ0n) is 7.70. The molecule has 0 unspecified atom stereocenters. The van der Waals surface area contributed by atoms with E-state index in [-0.39, 0.29) is 5.56 Å². The number of aryl methyl sites for hydroxylation is 1. The summed E-state index contributed by atoms with van der Waals surface area (Å²) in [5, 5.41) is 0.491. The maximum Gasteiger partial charge on any atom is 0.273 e. The minimum absolute atomic E-state index is 0.0411. The average Bonchev–Trinajstić information content (AvgIpc) is 2.23. The predicted molar refractivity (Wildman–Crippen MR) is 59.6 cm³/mol. The summed E-state index contributed by atoms with van der Waals surface area (Å²) in [4.78, 5) is 16.0. The Morgan fingerprint density at radius 3 is 2.86 bits per heavy atom. The van der Waals surface area contributed by atoms with E-state index in [1.54, 1.807) is 11.6 Å². The second-order valence-electron chi connectivity index (χ2n) is 3.05. The van der Waals surface area contributed by atoms with Crippen molar-refractivity contribution in [2.75, 3.05) is 0 Å². The summed E-state index contributed by atoms with van der Waals surface area (Å²) in [6.07, 6.45) is 0. The van der Waals surface area contributed by atoms with Gasteiger partial charge in [-0.05, 0) is 12.1 Å². The molecule has 0 saturated heterocycles. The quantitative estimate of drug-likeness (QED) is 0.726. The van der Waals surface area contributed by atoms with E-state index in [0.29, 0.717) is 11.0 Å². The number of hydrogen-bond donors (Lipinski definition) is 0. The third-order valence-electron chi connectivity index (χ3n) is 2.18. The first-order valence-electron chi connectivity index (χ1n) is 4.24. The third kappa shape index (κ3) is 1.35. The van der Waals surface area contributed by atoms with Crippen molar-refractivity contribution >= 4 is 27.0 Å². The van der Waals surface area contributed by atoms with Gasteiger partial charge in [0.1, 0.15) is 5.69 Å². The van der Waals surface area contributed by atoms with Gasteiger partial charge in [0, 0.05) is 7.05 Å². The van der Waals surface area contributed by atoms with E-state index < -0.39 is 0 Å². The summed E-state index contributed by atoms with van der Waals surface area (Å²) in [6.45, 7) is 0. The molecule has 0 bridgehead atoms. The zero-order chi connectivity index (χ0) is 10.1. The Balaban J connectivity index is 2.92. The van der Waals surface area contributed by atoms with Crippen LogP contribution in [0.2, 0.25) is 0 Å². The Morgan fingerprint density at radius 1 is 1.43 bits per heavy atom. The van der Waals surface area contributed by atoms with Crippen LogP contribution in [0.25, 0.3) is 11.0 Å². The lowest BCUT2D eigenvalue weighted by molar-refractivity contribution is 0.870. The van der Waals surface area contributed by atoms with Crippen molar-refractivity contribution in [3.05, 3.63) is 40.3 Å². The first kappa shape index (κ1) is 9.40. The molecule has 3 nitrogen and oxygen atoms in total. The minimum Gasteiger partial charge on any atom is -0.308 e. The Labute approximate surface area is 89.5 Å². The largest absolute Gasteiger partial charge is 0.308 e. The lowest BCUT2D eigenvalue weighted by atomic mass is 10.3. The van der Waals surface area contributed by atoms with Crippen LogP contribution < -0.4 is 5.56 Å². The molecular formula is C10H9BrN2O. The molecule has 4 heteroatoms. The Hall–Kier alpha value is -1.16. The smallest absolute Gasteiger partial charge is 0.273 e. The average molecular weight is 253 g/mol. The number of hydrogen-bond acceptors (Lipinski definition) is 2. The van der Waals surface area contributed by atoms with E-state index in [0.717, 1.165) is 11.0 Å². The van der Waals surface area contributed by atoms with Gasteiger partial charge in [-0.15, -0.1) is 0 Å². The van der Waals surface area contributed by atoms with Crippen molar-refractivity contribution in [1.82, 2.24) is 9.55 Å². The molecule has 14 heavy (non-hydrogen) atoms. The molecule has 0 spiro atoms. The molecule has 0 saturated carbocycles. The number of alkyl halides is 1. The van der Waals surface area contributed by atoms with Crippen LogP contribution in [0.1, 0.15) is 5.69 Å². The van der Waals surface area contributed by atoms with Crippen molar-refractivity contribution in [2.45, 2.75) is 5.33 Å². The van der Waals surface area contributed by atoms with E-state index in [9.17, 15) is 4.79 Å². The highest BCUT2D eigenvalue weighted by atomic mass is 79.9. The van der Waals surface area contributed by atoms with Crippen molar-refractivity contribution in [3.8, 4) is 0 Å². The Kier molecular flexibility index (Phi) is 2.37. The molecule has 1 aromatic heterocycles. The van der Waals surface area contributed by atoms with Crippen LogP contribution in [0, 0.1) is 0 Å². The first-order chi connectivity index (χ1) is 6.74. The molecule has 0 aliphatic heterocycles. The predicted octanol–water partition coefficient (Wildman–Crippen LogP) is 1.83. The lowest BCUT2D eigenvalue weighted by Crippen LogP contribution is -2.22. The fourth-order valence-corrected chi connectivity index (χ4v) is 1.79. The van der Waals surface area contributed by atoms with Gasteiger partial charge in [0.05, 0.1) is 16.4 Å². The summed E-state index contributed by atoms with van der Waals surface area (Å²) in [5.41, 5.74) is 2.22. The summed E-state index contributed by atoms with van der Waals surface area (Å²) in [7, 11) is 1.76. The first-order valence-corrected chi connectivity index (χ1v) is 5.37. The molecule has 72 valence electrons. The maximum atomic E-state index is 11.7. The molecule has 0 N–H and O–H groups in total. The van der Waals surface area contributed by atoms with E-state index >= 15 is 0 Å². The third-order valence-corrected chi connectivity index (χ3v) is 2.71. The van der Waals surface area contributed by atoms with Crippen LogP contribution in [0.3, 0.4) is 0 Å². The molecule has 0 aliphatic carbocycles. The molecule has 0 fully saturated rings. The second kappa shape index (κ2) is 3.53. The number of fused-ring (bicyclic) bond motifs is 1. The molecule has 0 aliphatic rings. The van der Waals surface area contributed by atoms with Crippen molar-refractivity contribution < 1.29 is 0 Å². The Bertz CT molecular complexity index is 533. The van der Waals surface area contributed by atoms with Gasteiger partial charge in [-0.3, -0.25) is 4.79 Å². The van der Waals surface area contributed by atoms with Crippen molar-refractivity contribution in [1.29, 1.82) is 0 Å². The van der Waals surface area contributed by atoms with Crippen LogP contribution in [-0.4, -0.2) is 9.55 Å². The topological polar surface area (TPSA) is 34.9 Å². The summed E-state index contributed by atoms with van der Waals surface area (Å²) in [6, 6.07) is 7.61. The summed E-state index contributed by atoms with van der Waals surface area (Å²) >= 11 is 3.25. The number of aromatic nitrogens is 2. The van der Waals surface area contributed by atoms with Gasteiger partial charge in [0.25, 0.3) is 5.56 Å². The molecule has 1 aromatic carbocycles. The molecule has 0 amide bonds. The standard InChI is InChI=1S/C10H9BrN2O/c1-13-9-5-3-2-4-7(9)12-8(6-11)10(13)14/h2-5H,6H2,1H3. The van der Waals surface area contributed by atoms with Crippen LogP contribution in [-0.2, 0) is 12.4 Å². The van der Waals surface area contributed by atoms with Gasteiger partial charge in [0.15, 0.2) is 0 Å². The van der Waals surface area contributed by atoms with Crippen LogP contribution in [0.15, 0.2) is 29.1 Å². The monoisotopic (exact) mass is 252 g/mol. The van der Waals surface area contributed by atoms with E-state index in [4.69, 9.17) is 0 Å². The molecule has 2 aromatic rings. The highest BCUT2D eigenvalue weighted by molar-refractivity contribution is 9.08. The van der Waals surface area contributed by atoms with E-state index in [2.05, 4.69) is 20.9 Å². The van der Waals surface area contributed by atoms with Gasteiger partial charge in [0.2, 0.25) is 0 Å². The van der Waals surface area contributed by atoms with Gasteiger partial charge < -0.3 is 4.57 Å². The zero-order valence-corrected chi connectivity index (χ0v) is 9.28. The molecule has 1 heterocycles. The van der Waals surface area contributed by atoms with Gasteiger partial charge in [-0.25, -0.2) is 4.98 Å². The summed E-state index contributed by atoms with van der Waals surface area (Å²) in [5.74, 6) is 0. The second-order valence-corrected chi connectivity index (χ2v) is 3.61. The van der Waals surface area contributed by atoms with Gasteiger partial charge in [-0.1, -0.05) is 28.1 Å². The van der Waals surface area contributed by atoms with Crippen molar-refractivity contribution in [3.63, 3.8) is 0 Å². The van der Waals surface area contributed by atoms with Crippen LogP contribution >= 0.6 is 15.9 Å². The summed E-state index contributed by atoms with van der Waals surface area (Å²) < 4.78 is 1.62. The van der Waals surface area contributed by atoms with E-state index in [1.807, 2.05) is 24.3 Å². The van der Waals surface area contributed by atoms with Gasteiger partial charge >= 0.3 is 0 Å². The number of benzene rings is 1. The molecule has 2 rings (SSSR count). The molecule has 0 atom stereocenters.